The molecule has 0 saturated heterocycles. The smallest absolute Gasteiger partial charge is 0.299 e. The van der Waals surface area contributed by atoms with E-state index in [0.717, 1.165) is 6.20 Å². The number of nitro groups is 1. The molecule has 1 rings (SSSR count). The van der Waals surface area contributed by atoms with Crippen molar-refractivity contribution in [3.05, 3.63) is 35.8 Å². The van der Waals surface area contributed by atoms with Crippen LogP contribution in [0.25, 0.3) is 0 Å². The molecule has 0 unspecified atom stereocenters. The lowest BCUT2D eigenvalue weighted by molar-refractivity contribution is -0.386. The first-order valence-electron chi connectivity index (χ1n) is 3.28. The molecule has 5 nitrogen and oxygen atoms in total. The fraction of sp³-hybridized carbons (Fsp3) is 0.167. The second-order valence-electron chi connectivity index (χ2n) is 2.29. The highest BCUT2D eigenvalue weighted by Crippen LogP contribution is 2.27. The summed E-state index contributed by atoms with van der Waals surface area (Å²) in [6.45, 7) is 0. The Morgan fingerprint density at radius 3 is 2.57 bits per heavy atom. The maximum Gasteiger partial charge on any atom is 0.299 e. The molecule has 0 saturated carbocycles. The summed E-state index contributed by atoms with van der Waals surface area (Å²) >= 11 is 1.36. The van der Waals surface area contributed by atoms with Crippen molar-refractivity contribution in [2.24, 2.45) is 0 Å². The maximum atomic E-state index is 12.3. The van der Waals surface area contributed by atoms with Crippen LogP contribution in [0.5, 0.6) is 0 Å². The SMILES string of the molecule is O=c1[nH]cc([N+](=O)[O-])c(I)c1C(F)F. The van der Waals surface area contributed by atoms with Crippen molar-refractivity contribution < 1.29 is 13.7 Å². The van der Waals surface area contributed by atoms with Gasteiger partial charge in [0.1, 0.15) is 9.13 Å². The Labute approximate surface area is 89.4 Å². The van der Waals surface area contributed by atoms with Crippen LogP contribution in [0.1, 0.15) is 12.0 Å². The number of H-pyrrole nitrogens is 1. The monoisotopic (exact) mass is 316 g/mol. The molecule has 8 heteroatoms. The molecule has 1 aromatic heterocycles. The molecule has 1 heterocycles. The molecular weight excluding hydrogens is 313 g/mol. The van der Waals surface area contributed by atoms with Gasteiger partial charge < -0.3 is 4.98 Å². The van der Waals surface area contributed by atoms with Gasteiger partial charge in [0, 0.05) is 0 Å². The molecule has 76 valence electrons. The zero-order chi connectivity index (χ0) is 10.9. The molecule has 0 aliphatic rings. The van der Waals surface area contributed by atoms with E-state index in [1.54, 1.807) is 0 Å². The van der Waals surface area contributed by atoms with E-state index >= 15 is 0 Å². The molecule has 0 atom stereocenters. The van der Waals surface area contributed by atoms with Crippen LogP contribution < -0.4 is 5.56 Å². The summed E-state index contributed by atoms with van der Waals surface area (Å²) in [5.41, 5.74) is -2.39. The van der Waals surface area contributed by atoms with Crippen molar-refractivity contribution in [3.8, 4) is 0 Å². The van der Waals surface area contributed by atoms with E-state index in [-0.39, 0.29) is 3.57 Å². The second kappa shape index (κ2) is 3.98. The number of aromatic amines is 1. The van der Waals surface area contributed by atoms with Gasteiger partial charge in [-0.15, -0.1) is 0 Å². The fourth-order valence-corrected chi connectivity index (χ4v) is 1.67. The third-order valence-corrected chi connectivity index (χ3v) is 2.59. The number of halogens is 3. The highest BCUT2D eigenvalue weighted by Gasteiger charge is 2.24. The van der Waals surface area contributed by atoms with Crippen molar-refractivity contribution in [2.45, 2.75) is 6.43 Å². The molecule has 0 aliphatic carbocycles. The van der Waals surface area contributed by atoms with Crippen LogP contribution in [-0.4, -0.2) is 9.91 Å². The lowest BCUT2D eigenvalue weighted by atomic mass is 10.3. The van der Waals surface area contributed by atoms with Crippen LogP contribution in [0, 0.1) is 13.7 Å². The van der Waals surface area contributed by atoms with Gasteiger partial charge in [-0.2, -0.15) is 0 Å². The third-order valence-electron chi connectivity index (χ3n) is 1.46. The molecule has 0 bridgehead atoms. The number of hydrogen-bond donors (Lipinski definition) is 1. The molecule has 0 radical (unpaired) electrons. The van der Waals surface area contributed by atoms with Gasteiger partial charge in [-0.05, 0) is 22.6 Å². The van der Waals surface area contributed by atoms with Crippen LogP contribution in [0.15, 0.2) is 11.0 Å². The van der Waals surface area contributed by atoms with E-state index in [9.17, 15) is 23.7 Å². The number of nitrogens with zero attached hydrogens (tertiary/aromatic N) is 1. The van der Waals surface area contributed by atoms with Crippen molar-refractivity contribution in [2.75, 3.05) is 0 Å². The van der Waals surface area contributed by atoms with Gasteiger partial charge in [0.2, 0.25) is 0 Å². The fourth-order valence-electron chi connectivity index (χ4n) is 0.840. The molecule has 0 fully saturated rings. The minimum Gasteiger partial charge on any atom is -0.322 e. The number of hydrogen-bond acceptors (Lipinski definition) is 3. The molecular formula is C6H3F2IN2O3. The summed E-state index contributed by atoms with van der Waals surface area (Å²) in [5, 5.41) is 10.3. The number of rotatable bonds is 2. The average Bonchev–Trinajstić information content (AvgIpc) is 2.02. The molecule has 0 amide bonds. The predicted molar refractivity (Wildman–Crippen MR) is 51.4 cm³/mol. The Bertz CT molecular complexity index is 432. The Balaban J connectivity index is 3.49. The van der Waals surface area contributed by atoms with E-state index in [4.69, 9.17) is 0 Å². The standard InChI is InChI=1S/C6H3F2IN2O3/c7-5(8)3-4(9)2(11(13)14)1-10-6(3)12/h1,5H,(H,10,12). The van der Waals surface area contributed by atoms with Crippen LogP contribution in [0.2, 0.25) is 0 Å². The van der Waals surface area contributed by atoms with E-state index in [0.29, 0.717) is 0 Å². The molecule has 14 heavy (non-hydrogen) atoms. The molecule has 1 N–H and O–H groups in total. The zero-order valence-corrected chi connectivity index (χ0v) is 8.62. The highest BCUT2D eigenvalue weighted by atomic mass is 127. The minimum absolute atomic E-state index is 0.327. The quantitative estimate of drug-likeness (QED) is 0.514. The number of pyridine rings is 1. The first kappa shape index (κ1) is 11.0. The maximum absolute atomic E-state index is 12.3. The zero-order valence-electron chi connectivity index (χ0n) is 6.46. The van der Waals surface area contributed by atoms with E-state index in [1.165, 1.54) is 22.6 Å². The van der Waals surface area contributed by atoms with Gasteiger partial charge in [0.05, 0.1) is 11.1 Å². The summed E-state index contributed by atoms with van der Waals surface area (Å²) < 4.78 is 24.2. The summed E-state index contributed by atoms with van der Waals surface area (Å²) in [5.74, 6) is 0. The van der Waals surface area contributed by atoms with Gasteiger partial charge >= 0.3 is 0 Å². The van der Waals surface area contributed by atoms with Crippen molar-refractivity contribution in [1.29, 1.82) is 0 Å². The third kappa shape index (κ3) is 1.89. The lowest BCUT2D eigenvalue weighted by Crippen LogP contribution is -2.16. The summed E-state index contributed by atoms with van der Waals surface area (Å²) in [6.07, 6.45) is -2.22. The van der Waals surface area contributed by atoms with Gasteiger partial charge in [-0.1, -0.05) is 0 Å². The Morgan fingerprint density at radius 2 is 2.14 bits per heavy atom. The molecule has 0 spiro atoms. The van der Waals surface area contributed by atoms with Gasteiger partial charge in [-0.3, -0.25) is 14.9 Å². The Kier molecular flexibility index (Phi) is 3.13. The van der Waals surface area contributed by atoms with Gasteiger partial charge in [0.15, 0.2) is 0 Å². The first-order valence-corrected chi connectivity index (χ1v) is 4.36. The van der Waals surface area contributed by atoms with Gasteiger partial charge in [0.25, 0.3) is 17.7 Å². The van der Waals surface area contributed by atoms with E-state index in [1.807, 2.05) is 4.98 Å². The van der Waals surface area contributed by atoms with Crippen LogP contribution in [0.3, 0.4) is 0 Å². The number of alkyl halides is 2. The van der Waals surface area contributed by atoms with Crippen LogP contribution in [0.4, 0.5) is 14.5 Å². The van der Waals surface area contributed by atoms with Crippen molar-refractivity contribution >= 4 is 28.3 Å². The minimum atomic E-state index is -3.02. The average molecular weight is 316 g/mol. The van der Waals surface area contributed by atoms with Crippen LogP contribution >= 0.6 is 22.6 Å². The Hall–Kier alpha value is -1.06. The van der Waals surface area contributed by atoms with Crippen molar-refractivity contribution in [1.82, 2.24) is 4.98 Å². The van der Waals surface area contributed by atoms with E-state index in [2.05, 4.69) is 0 Å². The van der Waals surface area contributed by atoms with Crippen LogP contribution in [-0.2, 0) is 0 Å². The van der Waals surface area contributed by atoms with E-state index < -0.39 is 28.2 Å². The molecule has 1 aromatic rings. The normalized spacial score (nSPS) is 10.6. The summed E-state index contributed by atoms with van der Waals surface area (Å²) in [7, 11) is 0. The second-order valence-corrected chi connectivity index (χ2v) is 3.37. The predicted octanol–water partition coefficient (Wildman–Crippen LogP) is 1.83. The Morgan fingerprint density at radius 1 is 1.57 bits per heavy atom. The largest absolute Gasteiger partial charge is 0.322 e. The van der Waals surface area contributed by atoms with Crippen molar-refractivity contribution in [3.63, 3.8) is 0 Å². The molecule has 0 aliphatic heterocycles. The highest BCUT2D eigenvalue weighted by molar-refractivity contribution is 14.1. The topological polar surface area (TPSA) is 76.0 Å². The number of aromatic nitrogens is 1. The summed E-state index contributed by atoms with van der Waals surface area (Å²) in [6, 6.07) is 0. The lowest BCUT2D eigenvalue weighted by Gasteiger charge is -2.01. The molecule has 0 aromatic carbocycles. The number of nitrogens with one attached hydrogen (secondary N) is 1. The summed E-state index contributed by atoms with van der Waals surface area (Å²) in [4.78, 5) is 22.3. The first-order chi connectivity index (χ1) is 6.45. The van der Waals surface area contributed by atoms with Gasteiger partial charge in [-0.25, -0.2) is 8.78 Å².